The van der Waals surface area contributed by atoms with Gasteiger partial charge >= 0.3 is 5.69 Å². The van der Waals surface area contributed by atoms with Crippen molar-refractivity contribution in [2.75, 3.05) is 26.6 Å². The molecule has 8 nitrogen and oxygen atoms in total. The van der Waals surface area contributed by atoms with Crippen LogP contribution in [-0.4, -0.2) is 32.2 Å². The van der Waals surface area contributed by atoms with Crippen molar-refractivity contribution in [1.29, 1.82) is 0 Å². The molecule has 1 aliphatic carbocycles. The van der Waals surface area contributed by atoms with Crippen LogP contribution in [0.3, 0.4) is 0 Å². The van der Waals surface area contributed by atoms with Crippen molar-refractivity contribution in [3.8, 4) is 17.2 Å². The maximum absolute atomic E-state index is 12.9. The Morgan fingerprint density at radius 1 is 1.00 bits per heavy atom. The summed E-state index contributed by atoms with van der Waals surface area (Å²) in [6, 6.07) is 6.66. The molecule has 28 heavy (non-hydrogen) atoms. The van der Waals surface area contributed by atoms with E-state index in [0.717, 1.165) is 31.2 Å². The number of amides is 1. The van der Waals surface area contributed by atoms with Crippen molar-refractivity contribution in [3.63, 3.8) is 0 Å². The highest BCUT2D eigenvalue weighted by Gasteiger charge is 2.27. The molecule has 2 aromatic rings. The SMILES string of the molecule is COc1cc2c(cc1C(=O)Nc1ccc(OC)c([N+](=O)[O-])c1OC)CCCC2. The third-order valence-electron chi connectivity index (χ3n) is 4.86. The summed E-state index contributed by atoms with van der Waals surface area (Å²) in [5, 5.41) is 14.1. The Morgan fingerprint density at radius 3 is 2.21 bits per heavy atom. The van der Waals surface area contributed by atoms with Gasteiger partial charge in [-0.1, -0.05) is 0 Å². The number of hydrogen-bond donors (Lipinski definition) is 1. The molecule has 0 saturated heterocycles. The number of nitrogens with zero attached hydrogens (tertiary/aromatic N) is 1. The average Bonchev–Trinajstić information content (AvgIpc) is 2.71. The van der Waals surface area contributed by atoms with Crippen LogP contribution >= 0.6 is 0 Å². The number of aryl methyl sites for hydroxylation is 2. The van der Waals surface area contributed by atoms with Gasteiger partial charge in [-0.15, -0.1) is 0 Å². The number of nitro benzene ring substituents is 1. The zero-order valence-corrected chi connectivity index (χ0v) is 16.0. The van der Waals surface area contributed by atoms with E-state index in [1.54, 1.807) is 0 Å². The van der Waals surface area contributed by atoms with Gasteiger partial charge in [0, 0.05) is 0 Å². The number of hydrogen-bond acceptors (Lipinski definition) is 6. The number of rotatable bonds is 6. The Balaban J connectivity index is 2.00. The van der Waals surface area contributed by atoms with Gasteiger partial charge in [0.1, 0.15) is 5.75 Å². The second-order valence-corrected chi connectivity index (χ2v) is 6.44. The summed E-state index contributed by atoms with van der Waals surface area (Å²) in [6.07, 6.45) is 4.08. The standard InChI is InChI=1S/C20H22N2O6/c1-26-16-9-8-15(19(28-3)18(16)22(24)25)21-20(23)14-10-12-6-4-5-7-13(12)11-17(14)27-2/h8-11H,4-7H2,1-3H3,(H,21,23). The molecule has 0 aliphatic heterocycles. The molecular weight excluding hydrogens is 364 g/mol. The lowest BCUT2D eigenvalue weighted by molar-refractivity contribution is -0.386. The van der Waals surface area contributed by atoms with E-state index in [9.17, 15) is 14.9 Å². The van der Waals surface area contributed by atoms with E-state index in [4.69, 9.17) is 14.2 Å². The Hall–Kier alpha value is -3.29. The van der Waals surface area contributed by atoms with Crippen LogP contribution in [0.1, 0.15) is 34.3 Å². The minimum Gasteiger partial charge on any atom is -0.496 e. The predicted molar refractivity (Wildman–Crippen MR) is 104 cm³/mol. The van der Waals surface area contributed by atoms with Crippen LogP contribution in [0.5, 0.6) is 17.2 Å². The predicted octanol–water partition coefficient (Wildman–Crippen LogP) is 3.75. The van der Waals surface area contributed by atoms with Crippen molar-refractivity contribution in [3.05, 3.63) is 51.1 Å². The number of nitro groups is 1. The summed E-state index contributed by atoms with van der Waals surface area (Å²) < 4.78 is 15.6. The number of ether oxygens (including phenoxy) is 3. The highest BCUT2D eigenvalue weighted by atomic mass is 16.6. The molecule has 1 N–H and O–H groups in total. The molecule has 2 aromatic carbocycles. The summed E-state index contributed by atoms with van der Waals surface area (Å²) >= 11 is 0. The third kappa shape index (κ3) is 3.58. The van der Waals surface area contributed by atoms with Gasteiger partial charge in [0.2, 0.25) is 11.5 Å². The number of carbonyl (C=O) groups excluding carboxylic acids is 1. The first-order valence-corrected chi connectivity index (χ1v) is 8.90. The smallest absolute Gasteiger partial charge is 0.354 e. The molecule has 0 aromatic heterocycles. The molecule has 0 spiro atoms. The number of carbonyl (C=O) groups is 1. The van der Waals surface area contributed by atoms with Gasteiger partial charge in [0.15, 0.2) is 0 Å². The monoisotopic (exact) mass is 386 g/mol. The van der Waals surface area contributed by atoms with Gasteiger partial charge in [0.05, 0.1) is 37.5 Å². The Labute approximate surface area is 162 Å². The molecular formula is C20H22N2O6. The van der Waals surface area contributed by atoms with Crippen LogP contribution in [0.25, 0.3) is 0 Å². The van der Waals surface area contributed by atoms with Gasteiger partial charge in [-0.05, 0) is 61.1 Å². The number of anilines is 1. The first-order chi connectivity index (χ1) is 13.5. The van der Waals surface area contributed by atoms with Gasteiger partial charge in [-0.2, -0.15) is 0 Å². The van der Waals surface area contributed by atoms with Crippen LogP contribution in [0.15, 0.2) is 24.3 Å². The fourth-order valence-corrected chi connectivity index (χ4v) is 3.49. The summed E-state index contributed by atoms with van der Waals surface area (Å²) in [6.45, 7) is 0. The van der Waals surface area contributed by atoms with Gasteiger partial charge < -0.3 is 19.5 Å². The number of benzene rings is 2. The highest BCUT2D eigenvalue weighted by Crippen LogP contribution is 2.42. The van der Waals surface area contributed by atoms with Crippen LogP contribution < -0.4 is 19.5 Å². The van der Waals surface area contributed by atoms with Crippen LogP contribution in [0, 0.1) is 10.1 Å². The minimum atomic E-state index is -0.604. The summed E-state index contributed by atoms with van der Waals surface area (Å²) in [7, 11) is 4.15. The van der Waals surface area contributed by atoms with E-state index < -0.39 is 10.8 Å². The number of fused-ring (bicyclic) bond motifs is 1. The Kier molecular flexibility index (Phi) is 5.67. The lowest BCUT2D eigenvalue weighted by Crippen LogP contribution is -2.16. The molecule has 0 heterocycles. The molecule has 0 unspecified atom stereocenters. The highest BCUT2D eigenvalue weighted by molar-refractivity contribution is 6.07. The average molecular weight is 386 g/mol. The molecule has 0 atom stereocenters. The Bertz CT molecular complexity index is 925. The van der Waals surface area contributed by atoms with Crippen molar-refractivity contribution < 1.29 is 23.9 Å². The van der Waals surface area contributed by atoms with Crippen LogP contribution in [0.4, 0.5) is 11.4 Å². The fourth-order valence-electron chi connectivity index (χ4n) is 3.49. The quantitative estimate of drug-likeness (QED) is 0.599. The molecule has 1 aliphatic rings. The van der Waals surface area contributed by atoms with E-state index in [-0.39, 0.29) is 22.9 Å². The summed E-state index contributed by atoms with van der Waals surface area (Å²) in [5.41, 5.74) is 2.53. The second-order valence-electron chi connectivity index (χ2n) is 6.44. The zero-order chi connectivity index (χ0) is 20.3. The maximum atomic E-state index is 12.9. The van der Waals surface area contributed by atoms with E-state index >= 15 is 0 Å². The lowest BCUT2D eigenvalue weighted by Gasteiger charge is -2.19. The van der Waals surface area contributed by atoms with Crippen LogP contribution in [-0.2, 0) is 12.8 Å². The molecule has 8 heteroatoms. The molecule has 0 fully saturated rings. The van der Waals surface area contributed by atoms with Crippen molar-refractivity contribution in [2.24, 2.45) is 0 Å². The minimum absolute atomic E-state index is 0.0474. The van der Waals surface area contributed by atoms with E-state index in [1.165, 1.54) is 39.0 Å². The lowest BCUT2D eigenvalue weighted by atomic mass is 9.89. The van der Waals surface area contributed by atoms with Gasteiger partial charge in [0.25, 0.3) is 5.91 Å². The third-order valence-corrected chi connectivity index (χ3v) is 4.86. The van der Waals surface area contributed by atoms with Gasteiger partial charge in [-0.3, -0.25) is 14.9 Å². The van der Waals surface area contributed by atoms with E-state index in [1.807, 2.05) is 12.1 Å². The molecule has 0 radical (unpaired) electrons. The molecule has 3 rings (SSSR count). The number of methoxy groups -OCH3 is 3. The Morgan fingerprint density at radius 2 is 1.64 bits per heavy atom. The first kappa shape index (κ1) is 19.5. The summed E-state index contributed by atoms with van der Waals surface area (Å²) in [4.78, 5) is 23.8. The molecule has 1 amide bonds. The van der Waals surface area contributed by atoms with Crippen LogP contribution in [0.2, 0.25) is 0 Å². The van der Waals surface area contributed by atoms with E-state index in [2.05, 4.69) is 5.32 Å². The zero-order valence-electron chi connectivity index (χ0n) is 16.0. The van der Waals surface area contributed by atoms with Crippen molar-refractivity contribution in [2.45, 2.75) is 25.7 Å². The largest absolute Gasteiger partial charge is 0.496 e. The summed E-state index contributed by atoms with van der Waals surface area (Å²) in [5.74, 6) is 0.0175. The number of nitrogens with one attached hydrogen (secondary N) is 1. The molecule has 0 saturated carbocycles. The van der Waals surface area contributed by atoms with Crippen molar-refractivity contribution >= 4 is 17.3 Å². The molecule has 148 valence electrons. The first-order valence-electron chi connectivity index (χ1n) is 8.90. The normalized spacial score (nSPS) is 12.7. The molecule has 0 bridgehead atoms. The maximum Gasteiger partial charge on any atom is 0.354 e. The second kappa shape index (κ2) is 8.16. The van der Waals surface area contributed by atoms with E-state index in [0.29, 0.717) is 11.3 Å². The van der Waals surface area contributed by atoms with Gasteiger partial charge in [-0.25, -0.2) is 0 Å². The topological polar surface area (TPSA) is 99.9 Å². The van der Waals surface area contributed by atoms with Crippen molar-refractivity contribution in [1.82, 2.24) is 0 Å². The fraction of sp³-hybridized carbons (Fsp3) is 0.350.